The van der Waals surface area contributed by atoms with Gasteiger partial charge in [-0.3, -0.25) is 13.9 Å². The molecule has 0 fully saturated rings. The standard InChI is InChI=1S/C29H34BrN3O5S/c1-4-31-29(35)26(19-22-12-7-6-8-13-22)32(20-23-14-11-15-24(30)18-23)28(34)21-33(39(3,36)37)25-16-9-10-17-27(25)38-5-2/h6-18,26H,4-5,19-21H2,1-3H3,(H,31,35). The number of nitrogens with zero attached hydrogens (tertiary/aromatic N) is 2. The summed E-state index contributed by atoms with van der Waals surface area (Å²) in [5.74, 6) is -0.481. The molecule has 3 rings (SSSR count). The minimum atomic E-state index is -3.88. The van der Waals surface area contributed by atoms with Gasteiger partial charge in [0.1, 0.15) is 18.3 Å². The molecular weight excluding hydrogens is 582 g/mol. The van der Waals surface area contributed by atoms with E-state index in [0.717, 1.165) is 26.2 Å². The van der Waals surface area contributed by atoms with Crippen molar-refractivity contribution >= 4 is 43.5 Å². The summed E-state index contributed by atoms with van der Waals surface area (Å²) in [4.78, 5) is 28.9. The molecule has 0 aromatic heterocycles. The van der Waals surface area contributed by atoms with Crippen LogP contribution in [0, 0.1) is 0 Å². The third-order valence-electron chi connectivity index (χ3n) is 5.98. The van der Waals surface area contributed by atoms with E-state index < -0.39 is 28.5 Å². The van der Waals surface area contributed by atoms with Gasteiger partial charge in [0.2, 0.25) is 21.8 Å². The van der Waals surface area contributed by atoms with Crippen molar-refractivity contribution in [3.63, 3.8) is 0 Å². The molecule has 1 atom stereocenters. The second-order valence-electron chi connectivity index (χ2n) is 8.92. The molecule has 0 saturated heterocycles. The minimum absolute atomic E-state index is 0.109. The maximum atomic E-state index is 14.1. The van der Waals surface area contributed by atoms with Crippen molar-refractivity contribution in [3.05, 3.63) is 94.5 Å². The highest BCUT2D eigenvalue weighted by Gasteiger charge is 2.33. The number of anilines is 1. The van der Waals surface area contributed by atoms with Gasteiger partial charge in [-0.15, -0.1) is 0 Å². The second kappa shape index (κ2) is 14.1. The Bertz CT molecular complexity index is 1370. The number of ether oxygens (including phenoxy) is 1. The maximum absolute atomic E-state index is 14.1. The summed E-state index contributed by atoms with van der Waals surface area (Å²) in [6, 6.07) is 22.7. The molecule has 3 aromatic rings. The van der Waals surface area contributed by atoms with Crippen LogP contribution in [0.4, 0.5) is 5.69 Å². The molecule has 39 heavy (non-hydrogen) atoms. The normalized spacial score (nSPS) is 11.9. The Kier molecular flexibility index (Phi) is 10.9. The molecule has 208 valence electrons. The number of para-hydroxylation sites is 2. The molecule has 0 heterocycles. The zero-order chi connectivity index (χ0) is 28.4. The summed E-state index contributed by atoms with van der Waals surface area (Å²) in [7, 11) is -3.88. The zero-order valence-electron chi connectivity index (χ0n) is 22.3. The van der Waals surface area contributed by atoms with Gasteiger partial charge in [-0.1, -0.05) is 70.5 Å². The second-order valence-corrected chi connectivity index (χ2v) is 11.7. The van der Waals surface area contributed by atoms with E-state index >= 15 is 0 Å². The summed E-state index contributed by atoms with van der Waals surface area (Å²) in [5, 5.41) is 2.85. The Morgan fingerprint density at radius 2 is 1.62 bits per heavy atom. The van der Waals surface area contributed by atoms with Crippen molar-refractivity contribution in [1.82, 2.24) is 10.2 Å². The summed E-state index contributed by atoms with van der Waals surface area (Å²) in [6.45, 7) is 3.94. The molecule has 0 aliphatic heterocycles. The molecule has 1 N–H and O–H groups in total. The number of hydrogen-bond donors (Lipinski definition) is 1. The molecule has 0 saturated carbocycles. The van der Waals surface area contributed by atoms with Gasteiger partial charge in [-0.2, -0.15) is 0 Å². The number of carbonyl (C=O) groups is 2. The van der Waals surface area contributed by atoms with E-state index in [1.807, 2.05) is 61.5 Å². The van der Waals surface area contributed by atoms with E-state index in [2.05, 4.69) is 21.2 Å². The monoisotopic (exact) mass is 615 g/mol. The van der Waals surface area contributed by atoms with E-state index in [9.17, 15) is 18.0 Å². The third-order valence-corrected chi connectivity index (χ3v) is 7.60. The first kappa shape index (κ1) is 30.2. The molecule has 2 amide bonds. The number of benzene rings is 3. The Morgan fingerprint density at radius 3 is 2.26 bits per heavy atom. The van der Waals surface area contributed by atoms with Gasteiger partial charge in [0, 0.05) is 24.0 Å². The Labute approximate surface area is 239 Å². The van der Waals surface area contributed by atoms with Crippen LogP contribution in [0.1, 0.15) is 25.0 Å². The topological polar surface area (TPSA) is 96.0 Å². The largest absolute Gasteiger partial charge is 0.492 e. The van der Waals surface area contributed by atoms with Crippen LogP contribution in [0.15, 0.2) is 83.3 Å². The number of rotatable bonds is 13. The summed E-state index contributed by atoms with van der Waals surface area (Å²) >= 11 is 3.47. The number of hydrogen-bond acceptors (Lipinski definition) is 5. The number of halogens is 1. The Morgan fingerprint density at radius 1 is 0.949 bits per heavy atom. The SMILES string of the molecule is CCNC(=O)C(Cc1ccccc1)N(Cc1cccc(Br)c1)C(=O)CN(c1ccccc1OCC)S(C)(=O)=O. The van der Waals surface area contributed by atoms with E-state index in [4.69, 9.17) is 4.74 Å². The third kappa shape index (κ3) is 8.56. The molecule has 0 spiro atoms. The highest BCUT2D eigenvalue weighted by molar-refractivity contribution is 9.10. The molecule has 1 unspecified atom stereocenters. The number of carbonyl (C=O) groups excluding carboxylic acids is 2. The molecule has 0 radical (unpaired) electrons. The van der Waals surface area contributed by atoms with Crippen LogP contribution in [-0.4, -0.2) is 57.1 Å². The first-order chi connectivity index (χ1) is 18.6. The van der Waals surface area contributed by atoms with Crippen LogP contribution < -0.4 is 14.4 Å². The predicted octanol–water partition coefficient (Wildman–Crippen LogP) is 4.39. The lowest BCUT2D eigenvalue weighted by Gasteiger charge is -2.33. The number of amides is 2. The van der Waals surface area contributed by atoms with Gasteiger partial charge in [0.15, 0.2) is 0 Å². The van der Waals surface area contributed by atoms with Gasteiger partial charge in [-0.25, -0.2) is 8.42 Å². The van der Waals surface area contributed by atoms with Crippen molar-refractivity contribution in [1.29, 1.82) is 0 Å². The minimum Gasteiger partial charge on any atom is -0.492 e. The van der Waals surface area contributed by atoms with Crippen LogP contribution in [0.25, 0.3) is 0 Å². The van der Waals surface area contributed by atoms with Gasteiger partial charge in [-0.05, 0) is 49.2 Å². The lowest BCUT2D eigenvalue weighted by Crippen LogP contribution is -2.53. The highest BCUT2D eigenvalue weighted by atomic mass is 79.9. The van der Waals surface area contributed by atoms with Crippen LogP contribution in [-0.2, 0) is 32.6 Å². The summed E-state index contributed by atoms with van der Waals surface area (Å²) in [6.07, 6.45) is 1.31. The fourth-order valence-corrected chi connectivity index (χ4v) is 5.51. The average molecular weight is 617 g/mol. The Hall–Kier alpha value is -3.37. The fourth-order valence-electron chi connectivity index (χ4n) is 4.21. The maximum Gasteiger partial charge on any atom is 0.244 e. The van der Waals surface area contributed by atoms with E-state index in [1.165, 1.54) is 4.90 Å². The molecule has 0 aliphatic carbocycles. The Balaban J connectivity index is 2.06. The van der Waals surface area contributed by atoms with E-state index in [-0.39, 0.29) is 24.6 Å². The molecule has 0 bridgehead atoms. The van der Waals surface area contributed by atoms with Crippen molar-refractivity contribution < 1.29 is 22.7 Å². The first-order valence-corrected chi connectivity index (χ1v) is 15.3. The summed E-state index contributed by atoms with van der Waals surface area (Å²) < 4.78 is 33.4. The highest BCUT2D eigenvalue weighted by Crippen LogP contribution is 2.30. The lowest BCUT2D eigenvalue weighted by atomic mass is 10.0. The lowest BCUT2D eigenvalue weighted by molar-refractivity contribution is -0.140. The van der Waals surface area contributed by atoms with Crippen LogP contribution in [0.3, 0.4) is 0 Å². The van der Waals surface area contributed by atoms with Gasteiger partial charge < -0.3 is 15.0 Å². The van der Waals surface area contributed by atoms with Gasteiger partial charge >= 0.3 is 0 Å². The smallest absolute Gasteiger partial charge is 0.244 e. The number of likely N-dealkylation sites (N-methyl/N-ethyl adjacent to an activating group) is 1. The van der Waals surface area contributed by atoms with Crippen molar-refractivity contribution in [3.8, 4) is 5.75 Å². The molecule has 8 nitrogen and oxygen atoms in total. The zero-order valence-corrected chi connectivity index (χ0v) is 24.7. The van der Waals surface area contributed by atoms with Crippen LogP contribution in [0.2, 0.25) is 0 Å². The molecular formula is C29H34BrN3O5S. The van der Waals surface area contributed by atoms with Gasteiger partial charge in [0.05, 0.1) is 18.6 Å². The quantitative estimate of drug-likeness (QED) is 0.308. The fraction of sp³-hybridized carbons (Fsp3) is 0.310. The van der Waals surface area contributed by atoms with Crippen molar-refractivity contribution in [2.45, 2.75) is 32.9 Å². The number of nitrogens with one attached hydrogen (secondary N) is 1. The average Bonchev–Trinajstić information content (AvgIpc) is 2.90. The van der Waals surface area contributed by atoms with Crippen molar-refractivity contribution in [2.24, 2.45) is 0 Å². The molecule has 3 aromatic carbocycles. The first-order valence-electron chi connectivity index (χ1n) is 12.7. The van der Waals surface area contributed by atoms with E-state index in [1.54, 1.807) is 31.2 Å². The van der Waals surface area contributed by atoms with Crippen LogP contribution >= 0.6 is 15.9 Å². The number of sulfonamides is 1. The van der Waals surface area contributed by atoms with Gasteiger partial charge in [0.25, 0.3) is 0 Å². The molecule has 10 heteroatoms. The predicted molar refractivity (Wildman–Crippen MR) is 157 cm³/mol. The van der Waals surface area contributed by atoms with Crippen LogP contribution in [0.5, 0.6) is 5.75 Å². The summed E-state index contributed by atoms with van der Waals surface area (Å²) in [5.41, 5.74) is 1.93. The van der Waals surface area contributed by atoms with E-state index in [0.29, 0.717) is 18.9 Å². The van der Waals surface area contributed by atoms with Crippen molar-refractivity contribution in [2.75, 3.05) is 30.3 Å². The molecule has 0 aliphatic rings.